The Morgan fingerprint density at radius 1 is 1.14 bits per heavy atom. The van der Waals surface area contributed by atoms with E-state index >= 15 is 0 Å². The molecule has 0 spiro atoms. The minimum Gasteiger partial charge on any atom is -0.439 e. The van der Waals surface area contributed by atoms with Gasteiger partial charge in [0, 0.05) is 43.9 Å². The first-order chi connectivity index (χ1) is 16.8. The Kier molecular flexibility index (Phi) is 7.20. The molecule has 0 atom stereocenters. The second-order valence-electron chi connectivity index (χ2n) is 7.58. The number of hydrazone groups is 1. The fraction of sp³-hybridized carbons (Fsp3) is 0.0800. The second kappa shape index (κ2) is 10.5. The summed E-state index contributed by atoms with van der Waals surface area (Å²) in [6, 6.07) is 19.5. The Morgan fingerprint density at radius 3 is 2.57 bits per heavy atom. The molecule has 0 aliphatic rings. The predicted octanol–water partition coefficient (Wildman–Crippen LogP) is 5.56. The maximum absolute atomic E-state index is 12.3. The van der Waals surface area contributed by atoms with Gasteiger partial charge in [0.15, 0.2) is 0 Å². The number of benzene rings is 2. The molecule has 2 heterocycles. The van der Waals surface area contributed by atoms with Crippen molar-refractivity contribution in [1.82, 2.24) is 15.0 Å². The first kappa shape index (κ1) is 24.1. The normalized spacial score (nSPS) is 10.9. The van der Waals surface area contributed by atoms with Crippen LogP contribution in [0.25, 0.3) is 5.69 Å². The van der Waals surface area contributed by atoms with Crippen LogP contribution in [-0.4, -0.2) is 26.6 Å². The highest BCUT2D eigenvalue weighted by atomic mass is 127. The number of nitrogens with one attached hydrogen (secondary N) is 1. The van der Waals surface area contributed by atoms with Gasteiger partial charge >= 0.3 is 0 Å². The van der Waals surface area contributed by atoms with Gasteiger partial charge in [0.1, 0.15) is 11.9 Å². The Bertz CT molecular complexity index is 1410. The lowest BCUT2D eigenvalue weighted by atomic mass is 10.2. The smallest absolute Gasteiger partial charge is 0.287 e. The lowest BCUT2D eigenvalue weighted by Crippen LogP contribution is -2.17. The number of carbonyl (C=O) groups excluding carboxylic acids is 1. The summed E-state index contributed by atoms with van der Waals surface area (Å²) in [5.74, 6) is 0.548. The molecular formula is C25H20IN5O4. The van der Waals surface area contributed by atoms with E-state index in [4.69, 9.17) is 4.74 Å². The van der Waals surface area contributed by atoms with Crippen molar-refractivity contribution in [2.45, 2.75) is 13.8 Å². The van der Waals surface area contributed by atoms with Crippen molar-refractivity contribution in [2.75, 3.05) is 0 Å². The molecule has 35 heavy (non-hydrogen) atoms. The average molecular weight is 581 g/mol. The number of nitrogens with zero attached hydrogens (tertiary/aromatic N) is 4. The molecule has 0 bridgehead atoms. The third-order valence-electron chi connectivity index (χ3n) is 5.18. The number of nitro groups is 1. The van der Waals surface area contributed by atoms with Crippen LogP contribution in [0, 0.1) is 27.5 Å². The molecule has 4 aromatic rings. The molecule has 9 nitrogen and oxygen atoms in total. The zero-order valence-electron chi connectivity index (χ0n) is 18.8. The zero-order chi connectivity index (χ0) is 24.9. The summed E-state index contributed by atoms with van der Waals surface area (Å²) in [5, 5.41) is 14.9. The molecule has 0 saturated heterocycles. The van der Waals surface area contributed by atoms with Gasteiger partial charge in [-0.25, -0.2) is 10.4 Å². The van der Waals surface area contributed by atoms with Crippen LogP contribution in [0.15, 0.2) is 78.0 Å². The summed E-state index contributed by atoms with van der Waals surface area (Å²) >= 11 is 2.16. The van der Waals surface area contributed by atoms with Crippen molar-refractivity contribution < 1.29 is 14.5 Å². The van der Waals surface area contributed by atoms with E-state index in [1.54, 1.807) is 30.5 Å². The molecule has 10 heteroatoms. The molecule has 1 amide bonds. The van der Waals surface area contributed by atoms with Crippen molar-refractivity contribution in [3.8, 4) is 17.3 Å². The molecule has 1 N–H and O–H groups in total. The standard InChI is InChI=1S/C25H20IN5O4/c1-16-12-19(14-28-29-25(32)18-4-3-5-20(26)13-18)17(2)30(16)21-6-9-23(10-7-21)35-24-11-8-22(15-27-24)31(33)34/h3-15H,1-2H3,(H,29,32)/b28-14-. The van der Waals surface area contributed by atoms with Gasteiger partial charge in [0.25, 0.3) is 11.6 Å². The molecule has 176 valence electrons. The monoisotopic (exact) mass is 581 g/mol. The van der Waals surface area contributed by atoms with Gasteiger partial charge in [-0.2, -0.15) is 5.10 Å². The number of rotatable bonds is 7. The van der Waals surface area contributed by atoms with Crippen LogP contribution in [0.3, 0.4) is 0 Å². The van der Waals surface area contributed by atoms with Gasteiger partial charge in [-0.15, -0.1) is 0 Å². The van der Waals surface area contributed by atoms with Crippen LogP contribution >= 0.6 is 22.6 Å². The Hall–Kier alpha value is -4.06. The van der Waals surface area contributed by atoms with Crippen LogP contribution in [0.1, 0.15) is 27.3 Å². The highest BCUT2D eigenvalue weighted by Crippen LogP contribution is 2.25. The minimum atomic E-state index is -0.510. The second-order valence-corrected chi connectivity index (χ2v) is 8.82. The van der Waals surface area contributed by atoms with Crippen molar-refractivity contribution in [2.24, 2.45) is 5.10 Å². The number of ether oxygens (including phenoxy) is 1. The van der Waals surface area contributed by atoms with Crippen molar-refractivity contribution in [3.05, 3.63) is 109 Å². The van der Waals surface area contributed by atoms with Gasteiger partial charge in [-0.1, -0.05) is 6.07 Å². The fourth-order valence-corrected chi connectivity index (χ4v) is 4.04. The fourth-order valence-electron chi connectivity index (χ4n) is 3.50. The van der Waals surface area contributed by atoms with Gasteiger partial charge < -0.3 is 9.30 Å². The molecule has 0 aliphatic heterocycles. The summed E-state index contributed by atoms with van der Waals surface area (Å²) < 4.78 is 8.73. The number of halogens is 1. The molecular weight excluding hydrogens is 561 g/mol. The number of hydrogen-bond acceptors (Lipinski definition) is 6. The maximum Gasteiger partial charge on any atom is 0.287 e. The minimum absolute atomic E-state index is 0.0972. The summed E-state index contributed by atoms with van der Waals surface area (Å²) in [6.07, 6.45) is 2.78. The van der Waals surface area contributed by atoms with E-state index in [0.29, 0.717) is 11.3 Å². The highest BCUT2D eigenvalue weighted by Gasteiger charge is 2.11. The first-order valence-corrected chi connectivity index (χ1v) is 11.6. The highest BCUT2D eigenvalue weighted by molar-refractivity contribution is 14.1. The van der Waals surface area contributed by atoms with Crippen LogP contribution in [0.2, 0.25) is 0 Å². The summed E-state index contributed by atoms with van der Waals surface area (Å²) in [6.45, 7) is 3.96. The van der Waals surface area contributed by atoms with E-state index in [1.807, 2.05) is 44.2 Å². The zero-order valence-corrected chi connectivity index (χ0v) is 21.0. The molecule has 4 rings (SSSR count). The van der Waals surface area contributed by atoms with Crippen molar-refractivity contribution >= 4 is 40.4 Å². The number of hydrogen-bond donors (Lipinski definition) is 1. The summed E-state index contributed by atoms with van der Waals surface area (Å²) in [5.41, 5.74) is 6.77. The molecule has 0 fully saturated rings. The van der Waals surface area contributed by atoms with Crippen LogP contribution in [0.5, 0.6) is 11.6 Å². The number of amides is 1. The van der Waals surface area contributed by atoms with E-state index in [2.05, 4.69) is 42.7 Å². The van der Waals surface area contributed by atoms with Crippen LogP contribution < -0.4 is 10.2 Å². The third kappa shape index (κ3) is 5.72. The summed E-state index contributed by atoms with van der Waals surface area (Å²) in [7, 11) is 0. The van der Waals surface area contributed by atoms with E-state index < -0.39 is 4.92 Å². The summed E-state index contributed by atoms with van der Waals surface area (Å²) in [4.78, 5) is 26.5. The average Bonchev–Trinajstić information content (AvgIpc) is 3.12. The van der Waals surface area contributed by atoms with Crippen molar-refractivity contribution in [3.63, 3.8) is 0 Å². The quantitative estimate of drug-likeness (QED) is 0.133. The molecule has 0 unspecified atom stereocenters. The third-order valence-corrected chi connectivity index (χ3v) is 5.85. The molecule has 0 radical (unpaired) electrons. The van der Waals surface area contributed by atoms with Gasteiger partial charge in [0.05, 0.1) is 11.1 Å². The first-order valence-electron chi connectivity index (χ1n) is 10.5. The van der Waals surface area contributed by atoms with Gasteiger partial charge in [-0.05, 0) is 85.0 Å². The van der Waals surface area contributed by atoms with E-state index in [-0.39, 0.29) is 17.5 Å². The van der Waals surface area contributed by atoms with Crippen LogP contribution in [-0.2, 0) is 0 Å². The SMILES string of the molecule is Cc1cc(/C=N\NC(=O)c2cccc(I)c2)c(C)n1-c1ccc(Oc2ccc([N+](=O)[O-])cn2)cc1. The van der Waals surface area contributed by atoms with Crippen LogP contribution in [0.4, 0.5) is 5.69 Å². The number of carbonyl (C=O) groups is 1. The number of pyridine rings is 1. The lowest BCUT2D eigenvalue weighted by molar-refractivity contribution is -0.385. The van der Waals surface area contributed by atoms with E-state index in [0.717, 1.165) is 32.4 Å². The lowest BCUT2D eigenvalue weighted by Gasteiger charge is -2.11. The Labute approximate surface area is 214 Å². The number of aromatic nitrogens is 2. The molecule has 2 aromatic carbocycles. The molecule has 2 aromatic heterocycles. The Balaban J connectivity index is 1.45. The largest absolute Gasteiger partial charge is 0.439 e. The van der Waals surface area contributed by atoms with Crippen molar-refractivity contribution in [1.29, 1.82) is 0 Å². The predicted molar refractivity (Wildman–Crippen MR) is 140 cm³/mol. The van der Waals surface area contributed by atoms with E-state index in [1.165, 1.54) is 12.1 Å². The van der Waals surface area contributed by atoms with Gasteiger partial charge in [-0.3, -0.25) is 14.9 Å². The topological polar surface area (TPSA) is 112 Å². The van der Waals surface area contributed by atoms with E-state index in [9.17, 15) is 14.9 Å². The molecule has 0 aliphatic carbocycles. The Morgan fingerprint density at radius 2 is 1.91 bits per heavy atom. The van der Waals surface area contributed by atoms with Gasteiger partial charge in [0.2, 0.25) is 5.88 Å². The molecule has 0 saturated carbocycles. The number of aryl methyl sites for hydroxylation is 1. The maximum atomic E-state index is 12.3.